The number of fused-ring (bicyclic) bond motifs is 1. The third-order valence-corrected chi connectivity index (χ3v) is 9.92. The first-order valence-electron chi connectivity index (χ1n) is 11.5. The minimum absolute atomic E-state index is 0.0854. The summed E-state index contributed by atoms with van der Waals surface area (Å²) in [6, 6.07) is 8.63. The Hall–Kier alpha value is -2.07. The van der Waals surface area contributed by atoms with Crippen molar-refractivity contribution in [3.8, 4) is 0 Å². The number of carbonyl (C=O) groups is 2. The van der Waals surface area contributed by atoms with E-state index in [0.717, 1.165) is 13.0 Å². The van der Waals surface area contributed by atoms with E-state index >= 15 is 0 Å². The molecule has 1 aliphatic carbocycles. The predicted octanol–water partition coefficient (Wildman–Crippen LogP) is 2.79. The minimum atomic E-state index is -3.64. The number of ketones is 1. The number of hydrogen-bond donors (Lipinski definition) is 0. The van der Waals surface area contributed by atoms with Gasteiger partial charge in [-0.15, -0.1) is 11.3 Å². The van der Waals surface area contributed by atoms with E-state index < -0.39 is 10.0 Å². The van der Waals surface area contributed by atoms with Gasteiger partial charge in [-0.3, -0.25) is 14.5 Å². The molecule has 3 aliphatic rings. The normalized spacial score (nSPS) is 22.2. The van der Waals surface area contributed by atoms with Crippen molar-refractivity contribution < 1.29 is 18.0 Å². The number of piperazine rings is 1. The van der Waals surface area contributed by atoms with Gasteiger partial charge < -0.3 is 4.90 Å². The smallest absolute Gasteiger partial charge is 0.243 e. The van der Waals surface area contributed by atoms with E-state index in [2.05, 4.69) is 16.3 Å². The molecule has 3 heterocycles. The van der Waals surface area contributed by atoms with Gasteiger partial charge in [0.1, 0.15) is 0 Å². The van der Waals surface area contributed by atoms with Crippen molar-refractivity contribution in [2.24, 2.45) is 5.92 Å². The Bertz CT molecular complexity index is 1150. The molecule has 0 spiro atoms. The molecular weight excluding hydrogens is 458 g/mol. The van der Waals surface area contributed by atoms with Gasteiger partial charge in [-0.2, -0.15) is 4.31 Å². The molecule has 9 heteroatoms. The summed E-state index contributed by atoms with van der Waals surface area (Å²) in [6.07, 6.45) is 3.46. The van der Waals surface area contributed by atoms with E-state index in [1.165, 1.54) is 46.6 Å². The number of sulfonamides is 1. The maximum atomic E-state index is 13.1. The second-order valence-corrected chi connectivity index (χ2v) is 12.1. The van der Waals surface area contributed by atoms with E-state index in [0.29, 0.717) is 37.2 Å². The van der Waals surface area contributed by atoms with Gasteiger partial charge in [0.05, 0.1) is 11.4 Å². The molecule has 0 unspecified atom stereocenters. The molecule has 2 fully saturated rings. The molecule has 176 valence electrons. The number of thiophene rings is 1. The Morgan fingerprint density at radius 1 is 1.00 bits per heavy atom. The van der Waals surface area contributed by atoms with E-state index in [4.69, 9.17) is 0 Å². The maximum absolute atomic E-state index is 13.1. The van der Waals surface area contributed by atoms with Gasteiger partial charge >= 0.3 is 0 Å². The van der Waals surface area contributed by atoms with Gasteiger partial charge in [-0.1, -0.05) is 12.1 Å². The van der Waals surface area contributed by atoms with Gasteiger partial charge in [0.25, 0.3) is 0 Å². The number of hydrogen-bond acceptors (Lipinski definition) is 6. The molecule has 1 saturated carbocycles. The Morgan fingerprint density at radius 2 is 1.70 bits per heavy atom. The fraction of sp³-hybridized carbons (Fsp3) is 0.500. The lowest BCUT2D eigenvalue weighted by Crippen LogP contribution is -2.53. The van der Waals surface area contributed by atoms with Crippen LogP contribution in [0.4, 0.5) is 0 Å². The number of Topliss-reactive ketones (excluding diaryl/α,β-unsaturated/α-hetero) is 1. The first-order valence-corrected chi connectivity index (χ1v) is 13.9. The van der Waals surface area contributed by atoms with Crippen LogP contribution in [0.3, 0.4) is 0 Å². The van der Waals surface area contributed by atoms with Crippen LogP contribution in [0.15, 0.2) is 40.6 Å². The van der Waals surface area contributed by atoms with Crippen molar-refractivity contribution in [1.82, 2.24) is 14.1 Å². The zero-order valence-corrected chi connectivity index (χ0v) is 20.4. The summed E-state index contributed by atoms with van der Waals surface area (Å²) in [6.45, 7) is 4.12. The Morgan fingerprint density at radius 3 is 2.33 bits per heavy atom. The summed E-state index contributed by atoms with van der Waals surface area (Å²) < 4.78 is 27.5. The number of nitrogens with zero attached hydrogens (tertiary/aromatic N) is 3. The molecule has 0 N–H and O–H groups in total. The summed E-state index contributed by atoms with van der Waals surface area (Å²) in [4.78, 5) is 30.4. The topological polar surface area (TPSA) is 78.0 Å². The van der Waals surface area contributed by atoms with E-state index in [1.807, 2.05) is 11.3 Å². The van der Waals surface area contributed by atoms with Crippen molar-refractivity contribution in [2.75, 3.05) is 39.3 Å². The summed E-state index contributed by atoms with van der Waals surface area (Å²) in [5.41, 5.74) is 1.90. The first kappa shape index (κ1) is 22.7. The zero-order chi connectivity index (χ0) is 23.2. The molecule has 1 amide bonds. The van der Waals surface area contributed by atoms with Gasteiger partial charge in [0.15, 0.2) is 5.78 Å². The highest BCUT2D eigenvalue weighted by Crippen LogP contribution is 2.48. The van der Waals surface area contributed by atoms with Crippen LogP contribution in [0.25, 0.3) is 0 Å². The summed E-state index contributed by atoms with van der Waals surface area (Å²) in [5.74, 6) is 0.643. The number of amides is 1. The summed E-state index contributed by atoms with van der Waals surface area (Å²) in [5, 5.41) is 2.17. The molecule has 0 radical (unpaired) electrons. The van der Waals surface area contributed by atoms with Crippen LogP contribution in [0, 0.1) is 5.92 Å². The summed E-state index contributed by atoms with van der Waals surface area (Å²) in [7, 11) is -3.64. The lowest BCUT2D eigenvalue weighted by atomic mass is 9.96. The Labute approximate surface area is 199 Å². The van der Waals surface area contributed by atoms with Crippen molar-refractivity contribution in [3.63, 3.8) is 0 Å². The number of carbonyl (C=O) groups excluding carboxylic acids is 2. The van der Waals surface area contributed by atoms with Crippen molar-refractivity contribution in [1.29, 1.82) is 0 Å². The minimum Gasteiger partial charge on any atom is -0.339 e. The molecule has 0 bridgehead atoms. The summed E-state index contributed by atoms with van der Waals surface area (Å²) >= 11 is 1.82. The van der Waals surface area contributed by atoms with Crippen LogP contribution in [0.5, 0.6) is 0 Å². The van der Waals surface area contributed by atoms with Crippen molar-refractivity contribution >= 4 is 33.1 Å². The second-order valence-electron chi connectivity index (χ2n) is 9.17. The standard InChI is InChI=1S/C24H29N3O4S2/c1-17(28)18-4-6-20(7-5-18)33(30,31)27-13-11-25(12-14-27)23(29)16-26-10-8-22-21(9-15-32-22)24(26)19-2-3-19/h4-7,9,15,19,24H,2-3,8,10-14,16H2,1H3/t24-/m1/s1. The van der Waals surface area contributed by atoms with E-state index in [9.17, 15) is 18.0 Å². The van der Waals surface area contributed by atoms with E-state index in [1.54, 1.807) is 17.0 Å². The predicted molar refractivity (Wildman–Crippen MR) is 127 cm³/mol. The average molecular weight is 488 g/mol. The van der Waals surface area contributed by atoms with Crippen molar-refractivity contribution in [2.45, 2.75) is 37.1 Å². The molecule has 33 heavy (non-hydrogen) atoms. The van der Waals surface area contributed by atoms with Gasteiger partial charge in [-0.25, -0.2) is 8.42 Å². The van der Waals surface area contributed by atoms with Gasteiger partial charge in [-0.05, 0) is 61.2 Å². The first-order chi connectivity index (χ1) is 15.8. The van der Waals surface area contributed by atoms with Crippen LogP contribution in [0.1, 0.15) is 46.6 Å². The Kier molecular flexibility index (Phi) is 6.15. The SMILES string of the molecule is CC(=O)c1ccc(S(=O)(=O)N2CCN(C(=O)CN3CCc4sccc4[C@H]3C3CC3)CC2)cc1. The second kappa shape index (κ2) is 8.94. The third kappa shape index (κ3) is 4.51. The highest BCUT2D eigenvalue weighted by atomic mass is 32.2. The van der Waals surface area contributed by atoms with Crippen LogP contribution in [-0.2, 0) is 21.2 Å². The quantitative estimate of drug-likeness (QED) is 0.586. The molecule has 7 nitrogen and oxygen atoms in total. The lowest BCUT2D eigenvalue weighted by Gasteiger charge is -2.39. The Balaban J connectivity index is 1.20. The van der Waals surface area contributed by atoms with Gasteiger partial charge in [0.2, 0.25) is 15.9 Å². The molecular formula is C24H29N3O4S2. The highest BCUT2D eigenvalue weighted by Gasteiger charge is 2.41. The van der Waals surface area contributed by atoms with E-state index in [-0.39, 0.29) is 29.7 Å². The molecule has 2 aromatic rings. The fourth-order valence-corrected chi connectivity index (χ4v) is 7.34. The molecule has 1 aromatic carbocycles. The fourth-order valence-electron chi connectivity index (χ4n) is 5.00. The molecule has 2 aliphatic heterocycles. The van der Waals surface area contributed by atoms with Crippen LogP contribution < -0.4 is 0 Å². The molecule has 5 rings (SSSR count). The maximum Gasteiger partial charge on any atom is 0.243 e. The lowest BCUT2D eigenvalue weighted by molar-refractivity contribution is -0.134. The number of benzene rings is 1. The van der Waals surface area contributed by atoms with Crippen LogP contribution in [0.2, 0.25) is 0 Å². The van der Waals surface area contributed by atoms with Gasteiger partial charge in [0, 0.05) is 49.2 Å². The average Bonchev–Trinajstić information content (AvgIpc) is 3.54. The third-order valence-electron chi connectivity index (χ3n) is 7.01. The largest absolute Gasteiger partial charge is 0.339 e. The van der Waals surface area contributed by atoms with Crippen LogP contribution in [-0.4, -0.2) is 73.5 Å². The number of rotatable bonds is 6. The van der Waals surface area contributed by atoms with Crippen molar-refractivity contribution in [3.05, 3.63) is 51.7 Å². The molecule has 1 saturated heterocycles. The monoisotopic (exact) mass is 487 g/mol. The van der Waals surface area contributed by atoms with Crippen LogP contribution >= 0.6 is 11.3 Å². The highest BCUT2D eigenvalue weighted by molar-refractivity contribution is 7.89. The molecule has 1 atom stereocenters. The molecule has 1 aromatic heterocycles. The zero-order valence-electron chi connectivity index (χ0n) is 18.8.